The average Bonchev–Trinajstić information content (AvgIpc) is 2.82. The number of nitrogens with zero attached hydrogens (tertiary/aromatic N) is 2. The summed E-state index contributed by atoms with van der Waals surface area (Å²) >= 11 is 0. The Kier molecular flexibility index (Phi) is 12.3. The number of ether oxygens (including phenoxy) is 1. The van der Waals surface area contributed by atoms with Gasteiger partial charge >= 0.3 is 0 Å². The number of amides is 1. The van der Waals surface area contributed by atoms with E-state index in [-0.39, 0.29) is 35.8 Å². The van der Waals surface area contributed by atoms with E-state index in [1.165, 1.54) is 6.42 Å². The van der Waals surface area contributed by atoms with Crippen molar-refractivity contribution in [1.29, 1.82) is 0 Å². The lowest BCUT2D eigenvalue weighted by Crippen LogP contribution is -2.49. The Morgan fingerprint density at radius 1 is 1.19 bits per heavy atom. The molecule has 0 radical (unpaired) electrons. The summed E-state index contributed by atoms with van der Waals surface area (Å²) in [6.45, 7) is 10.1. The first-order valence-electron chi connectivity index (χ1n) is 11.9. The van der Waals surface area contributed by atoms with Gasteiger partial charge in [0.1, 0.15) is 0 Å². The second-order valence-electron chi connectivity index (χ2n) is 8.60. The Labute approximate surface area is 210 Å². The molecule has 1 aromatic carbocycles. The molecular weight excluding hydrogens is 517 g/mol. The van der Waals surface area contributed by atoms with Crippen LogP contribution in [0.4, 0.5) is 5.69 Å². The van der Waals surface area contributed by atoms with Crippen LogP contribution >= 0.6 is 24.0 Å². The molecule has 1 atom stereocenters. The molecule has 3 rings (SSSR count). The van der Waals surface area contributed by atoms with Crippen LogP contribution in [0.5, 0.6) is 0 Å². The third kappa shape index (κ3) is 8.86. The maximum atomic E-state index is 12.5. The zero-order chi connectivity index (χ0) is 21.9. The predicted molar refractivity (Wildman–Crippen MR) is 142 cm³/mol. The second kappa shape index (κ2) is 14.7. The number of anilines is 1. The fraction of sp³-hybridized carbons (Fsp3) is 0.667. The van der Waals surface area contributed by atoms with Crippen LogP contribution in [0.25, 0.3) is 0 Å². The van der Waals surface area contributed by atoms with E-state index in [9.17, 15) is 4.79 Å². The molecule has 0 spiro atoms. The van der Waals surface area contributed by atoms with Crippen molar-refractivity contribution in [2.45, 2.75) is 58.5 Å². The minimum Gasteiger partial charge on any atom is -0.379 e. The average molecular weight is 558 g/mol. The monoisotopic (exact) mass is 557 g/mol. The van der Waals surface area contributed by atoms with Gasteiger partial charge in [-0.3, -0.25) is 9.69 Å². The van der Waals surface area contributed by atoms with Crippen molar-refractivity contribution >= 4 is 41.5 Å². The van der Waals surface area contributed by atoms with Crippen LogP contribution in [-0.4, -0.2) is 62.2 Å². The molecule has 3 N–H and O–H groups in total. The van der Waals surface area contributed by atoms with Crippen molar-refractivity contribution in [1.82, 2.24) is 15.5 Å². The first-order valence-corrected chi connectivity index (χ1v) is 11.9. The summed E-state index contributed by atoms with van der Waals surface area (Å²) in [6.07, 6.45) is 5.60. The maximum absolute atomic E-state index is 12.5. The molecule has 1 unspecified atom stereocenters. The van der Waals surface area contributed by atoms with Crippen LogP contribution in [0.15, 0.2) is 29.3 Å². The van der Waals surface area contributed by atoms with E-state index in [1.807, 2.05) is 18.2 Å². The molecule has 1 saturated carbocycles. The summed E-state index contributed by atoms with van der Waals surface area (Å²) in [4.78, 5) is 19.7. The fourth-order valence-corrected chi connectivity index (χ4v) is 4.26. The van der Waals surface area contributed by atoms with Gasteiger partial charge in [0.25, 0.3) is 0 Å². The maximum Gasteiger partial charge on any atom is 0.227 e. The second-order valence-corrected chi connectivity index (χ2v) is 8.60. The number of guanidine groups is 1. The first-order chi connectivity index (χ1) is 15.2. The molecule has 180 valence electrons. The lowest BCUT2D eigenvalue weighted by Gasteiger charge is -2.32. The number of aliphatic imine (C=N–C) groups is 1. The molecule has 8 heteroatoms. The van der Waals surface area contributed by atoms with Gasteiger partial charge in [-0.25, -0.2) is 4.99 Å². The van der Waals surface area contributed by atoms with Gasteiger partial charge in [-0.15, -0.1) is 24.0 Å². The van der Waals surface area contributed by atoms with E-state index in [2.05, 4.69) is 40.8 Å². The van der Waals surface area contributed by atoms with E-state index < -0.39 is 0 Å². The smallest absolute Gasteiger partial charge is 0.227 e. The van der Waals surface area contributed by atoms with Gasteiger partial charge in [-0.05, 0) is 44.4 Å². The summed E-state index contributed by atoms with van der Waals surface area (Å²) in [5.41, 5.74) is 1.95. The van der Waals surface area contributed by atoms with E-state index >= 15 is 0 Å². The SMILES string of the molecule is CCNC(=NCc1cccc(NC(=O)C2CCCCC2)c1)NCC(C)N1CCOCC1.I. The Morgan fingerprint density at radius 2 is 1.94 bits per heavy atom. The normalized spacial score (nSPS) is 19.0. The summed E-state index contributed by atoms with van der Waals surface area (Å²) in [5, 5.41) is 9.90. The molecular formula is C24H40IN5O2. The minimum atomic E-state index is 0. The van der Waals surface area contributed by atoms with E-state index in [0.29, 0.717) is 12.6 Å². The number of halogens is 1. The van der Waals surface area contributed by atoms with Gasteiger partial charge in [0, 0.05) is 43.8 Å². The number of nitrogens with one attached hydrogen (secondary N) is 3. The fourth-order valence-electron chi connectivity index (χ4n) is 4.26. The van der Waals surface area contributed by atoms with Crippen LogP contribution in [0.3, 0.4) is 0 Å². The van der Waals surface area contributed by atoms with Crippen LogP contribution in [0.2, 0.25) is 0 Å². The predicted octanol–water partition coefficient (Wildman–Crippen LogP) is 3.60. The van der Waals surface area contributed by atoms with Crippen molar-refractivity contribution in [3.8, 4) is 0 Å². The van der Waals surface area contributed by atoms with Crippen molar-refractivity contribution < 1.29 is 9.53 Å². The summed E-state index contributed by atoms with van der Waals surface area (Å²) in [5.74, 6) is 1.14. The van der Waals surface area contributed by atoms with Gasteiger partial charge in [0.05, 0.1) is 19.8 Å². The Morgan fingerprint density at radius 3 is 2.66 bits per heavy atom. The van der Waals surface area contributed by atoms with Crippen LogP contribution < -0.4 is 16.0 Å². The van der Waals surface area contributed by atoms with Crippen molar-refractivity contribution in [3.05, 3.63) is 29.8 Å². The zero-order valence-electron chi connectivity index (χ0n) is 19.6. The van der Waals surface area contributed by atoms with Crippen molar-refractivity contribution in [2.75, 3.05) is 44.7 Å². The van der Waals surface area contributed by atoms with Gasteiger partial charge in [-0.2, -0.15) is 0 Å². The molecule has 1 aliphatic heterocycles. The summed E-state index contributed by atoms with van der Waals surface area (Å²) in [6, 6.07) is 8.46. The van der Waals surface area contributed by atoms with Crippen LogP contribution in [-0.2, 0) is 16.1 Å². The largest absolute Gasteiger partial charge is 0.379 e. The molecule has 1 aromatic rings. The highest BCUT2D eigenvalue weighted by Crippen LogP contribution is 2.25. The molecule has 1 heterocycles. The standard InChI is InChI=1S/C24H39N5O2.HI/c1-3-25-24(26-17-19(2)29-12-14-31-15-13-29)27-18-20-8-7-11-22(16-20)28-23(30)21-9-5-4-6-10-21;/h7-8,11,16,19,21H,3-6,9-10,12-15,17-18H2,1-2H3,(H,28,30)(H2,25,26,27);1H. The number of morpholine rings is 1. The van der Waals surface area contributed by atoms with E-state index in [4.69, 9.17) is 9.73 Å². The molecule has 2 aliphatic rings. The number of hydrogen-bond donors (Lipinski definition) is 3. The summed E-state index contributed by atoms with van der Waals surface area (Å²) < 4.78 is 5.45. The summed E-state index contributed by atoms with van der Waals surface area (Å²) in [7, 11) is 0. The van der Waals surface area contributed by atoms with Gasteiger partial charge < -0.3 is 20.7 Å². The third-order valence-electron chi connectivity index (χ3n) is 6.17. The van der Waals surface area contributed by atoms with E-state index in [1.54, 1.807) is 0 Å². The Bertz CT molecular complexity index is 718. The quantitative estimate of drug-likeness (QED) is 0.259. The molecule has 1 saturated heterocycles. The van der Waals surface area contributed by atoms with E-state index in [0.717, 1.165) is 82.3 Å². The van der Waals surface area contributed by atoms with Gasteiger partial charge in [0.15, 0.2) is 5.96 Å². The highest BCUT2D eigenvalue weighted by Gasteiger charge is 2.21. The zero-order valence-corrected chi connectivity index (χ0v) is 21.9. The molecule has 1 aliphatic carbocycles. The molecule has 32 heavy (non-hydrogen) atoms. The lowest BCUT2D eigenvalue weighted by molar-refractivity contribution is -0.120. The number of rotatable bonds is 8. The van der Waals surface area contributed by atoms with Crippen LogP contribution in [0, 0.1) is 5.92 Å². The minimum absolute atomic E-state index is 0. The molecule has 0 bridgehead atoms. The van der Waals surface area contributed by atoms with Gasteiger partial charge in [0.2, 0.25) is 5.91 Å². The number of benzene rings is 1. The number of hydrogen-bond acceptors (Lipinski definition) is 4. The van der Waals surface area contributed by atoms with Gasteiger partial charge in [-0.1, -0.05) is 31.4 Å². The van der Waals surface area contributed by atoms with Crippen molar-refractivity contribution in [3.63, 3.8) is 0 Å². The molecule has 0 aromatic heterocycles. The van der Waals surface area contributed by atoms with Crippen molar-refractivity contribution in [2.24, 2.45) is 10.9 Å². The lowest BCUT2D eigenvalue weighted by atomic mass is 9.88. The number of carbonyl (C=O) groups excluding carboxylic acids is 1. The Hall–Kier alpha value is -1.39. The van der Waals surface area contributed by atoms with Crippen LogP contribution in [0.1, 0.15) is 51.5 Å². The first kappa shape index (κ1) is 26.9. The number of carbonyl (C=O) groups is 1. The Balaban J connectivity index is 0.00000363. The molecule has 2 fully saturated rings. The molecule has 7 nitrogen and oxygen atoms in total. The molecule has 1 amide bonds. The third-order valence-corrected chi connectivity index (χ3v) is 6.17. The highest BCUT2D eigenvalue weighted by atomic mass is 127. The highest BCUT2D eigenvalue weighted by molar-refractivity contribution is 14.0. The topological polar surface area (TPSA) is 78.0 Å².